The van der Waals surface area contributed by atoms with Crippen LogP contribution in [0.4, 0.5) is 0 Å². The van der Waals surface area contributed by atoms with E-state index < -0.39 is 12.1 Å². The fourth-order valence-electron chi connectivity index (χ4n) is 1.64. The molecule has 16 heavy (non-hydrogen) atoms. The van der Waals surface area contributed by atoms with Crippen LogP contribution in [0.3, 0.4) is 0 Å². The molecule has 0 spiro atoms. The van der Waals surface area contributed by atoms with Gasteiger partial charge in [-0.3, -0.25) is 0 Å². The van der Waals surface area contributed by atoms with Crippen LogP contribution < -0.4 is 0 Å². The SMILES string of the molecule is CCCn1cncc1C1=NOC(C(=O)O)C1. The van der Waals surface area contributed by atoms with E-state index in [1.807, 2.05) is 4.57 Å². The summed E-state index contributed by atoms with van der Waals surface area (Å²) in [5, 5.41) is 12.6. The van der Waals surface area contributed by atoms with Crippen molar-refractivity contribution >= 4 is 11.7 Å². The molecule has 2 rings (SSSR count). The number of aliphatic carboxylic acids is 1. The van der Waals surface area contributed by atoms with Gasteiger partial charge in [-0.2, -0.15) is 0 Å². The van der Waals surface area contributed by atoms with Crippen LogP contribution in [0.2, 0.25) is 0 Å². The molecule has 1 aromatic heterocycles. The third-order valence-electron chi connectivity index (χ3n) is 2.42. The number of oxime groups is 1. The second kappa shape index (κ2) is 4.34. The number of carboxylic acid groups (broad SMARTS) is 1. The third kappa shape index (κ3) is 1.91. The second-order valence-corrected chi connectivity index (χ2v) is 3.65. The molecule has 0 saturated heterocycles. The summed E-state index contributed by atoms with van der Waals surface area (Å²) in [6, 6.07) is 0. The number of imidazole rings is 1. The Kier molecular flexibility index (Phi) is 2.89. The summed E-state index contributed by atoms with van der Waals surface area (Å²) in [5.74, 6) is -0.986. The van der Waals surface area contributed by atoms with Gasteiger partial charge >= 0.3 is 5.97 Å². The highest BCUT2D eigenvalue weighted by molar-refractivity contribution is 6.02. The summed E-state index contributed by atoms with van der Waals surface area (Å²) in [7, 11) is 0. The zero-order valence-electron chi connectivity index (χ0n) is 8.96. The van der Waals surface area contributed by atoms with E-state index in [9.17, 15) is 4.79 Å². The highest BCUT2D eigenvalue weighted by atomic mass is 16.7. The van der Waals surface area contributed by atoms with E-state index in [4.69, 9.17) is 9.94 Å². The van der Waals surface area contributed by atoms with Gasteiger partial charge in [-0.05, 0) is 6.42 Å². The maximum atomic E-state index is 10.7. The molecule has 1 unspecified atom stereocenters. The number of nitrogens with zero attached hydrogens (tertiary/aromatic N) is 3. The molecule has 0 aliphatic carbocycles. The van der Waals surface area contributed by atoms with Gasteiger partial charge in [-0.1, -0.05) is 12.1 Å². The average molecular weight is 223 g/mol. The van der Waals surface area contributed by atoms with Crippen molar-refractivity contribution in [2.24, 2.45) is 5.16 Å². The Morgan fingerprint density at radius 1 is 1.75 bits per heavy atom. The summed E-state index contributed by atoms with van der Waals surface area (Å²) in [5.41, 5.74) is 1.49. The molecule has 0 amide bonds. The van der Waals surface area contributed by atoms with Crippen LogP contribution in [0.1, 0.15) is 25.5 Å². The first-order valence-electron chi connectivity index (χ1n) is 5.18. The Hall–Kier alpha value is -1.85. The molecule has 0 saturated carbocycles. The van der Waals surface area contributed by atoms with Crippen LogP contribution in [-0.2, 0) is 16.2 Å². The van der Waals surface area contributed by atoms with Gasteiger partial charge in [0.25, 0.3) is 0 Å². The molecule has 6 nitrogen and oxygen atoms in total. The molecule has 0 fully saturated rings. The van der Waals surface area contributed by atoms with Gasteiger partial charge in [0, 0.05) is 13.0 Å². The van der Waals surface area contributed by atoms with Crippen molar-refractivity contribution in [1.29, 1.82) is 0 Å². The summed E-state index contributed by atoms with van der Waals surface area (Å²) >= 11 is 0. The molecular weight excluding hydrogens is 210 g/mol. The first-order chi connectivity index (χ1) is 7.72. The molecule has 86 valence electrons. The average Bonchev–Trinajstić information content (AvgIpc) is 2.84. The number of aryl methyl sites for hydroxylation is 1. The van der Waals surface area contributed by atoms with E-state index in [0.29, 0.717) is 12.1 Å². The lowest BCUT2D eigenvalue weighted by Crippen LogP contribution is -2.20. The lowest BCUT2D eigenvalue weighted by atomic mass is 10.1. The smallest absolute Gasteiger partial charge is 0.348 e. The van der Waals surface area contributed by atoms with Crippen molar-refractivity contribution < 1.29 is 14.7 Å². The predicted molar refractivity (Wildman–Crippen MR) is 56.2 cm³/mol. The van der Waals surface area contributed by atoms with Crippen molar-refractivity contribution in [3.05, 3.63) is 18.2 Å². The van der Waals surface area contributed by atoms with Crippen molar-refractivity contribution in [3.63, 3.8) is 0 Å². The summed E-state index contributed by atoms with van der Waals surface area (Å²) < 4.78 is 1.95. The fraction of sp³-hybridized carbons (Fsp3) is 0.500. The van der Waals surface area contributed by atoms with Crippen LogP contribution in [0.25, 0.3) is 0 Å². The molecular formula is C10H13N3O3. The number of hydrogen-bond acceptors (Lipinski definition) is 4. The number of carbonyl (C=O) groups is 1. The lowest BCUT2D eigenvalue weighted by molar-refractivity contribution is -0.148. The minimum Gasteiger partial charge on any atom is -0.478 e. The van der Waals surface area contributed by atoms with E-state index in [1.165, 1.54) is 0 Å². The lowest BCUT2D eigenvalue weighted by Gasteiger charge is -2.04. The van der Waals surface area contributed by atoms with E-state index in [1.54, 1.807) is 12.5 Å². The minimum absolute atomic E-state index is 0.296. The van der Waals surface area contributed by atoms with E-state index in [-0.39, 0.29) is 0 Å². The summed E-state index contributed by atoms with van der Waals surface area (Å²) in [6.07, 6.45) is 3.82. The van der Waals surface area contributed by atoms with Crippen molar-refractivity contribution in [1.82, 2.24) is 9.55 Å². The van der Waals surface area contributed by atoms with Gasteiger partial charge in [0.1, 0.15) is 5.71 Å². The summed E-state index contributed by atoms with van der Waals surface area (Å²) in [6.45, 7) is 2.91. The van der Waals surface area contributed by atoms with Crippen molar-refractivity contribution in [2.45, 2.75) is 32.4 Å². The molecule has 1 aromatic rings. The molecule has 1 N–H and O–H groups in total. The van der Waals surface area contributed by atoms with Crippen molar-refractivity contribution in [3.8, 4) is 0 Å². The maximum Gasteiger partial charge on any atom is 0.348 e. The van der Waals surface area contributed by atoms with Crippen LogP contribution in [-0.4, -0.2) is 32.4 Å². The van der Waals surface area contributed by atoms with Gasteiger partial charge in [0.2, 0.25) is 6.10 Å². The Balaban J connectivity index is 2.14. The van der Waals surface area contributed by atoms with Gasteiger partial charge in [0.15, 0.2) is 0 Å². The second-order valence-electron chi connectivity index (χ2n) is 3.65. The van der Waals surface area contributed by atoms with Gasteiger partial charge in [-0.25, -0.2) is 9.78 Å². The van der Waals surface area contributed by atoms with E-state index in [2.05, 4.69) is 17.1 Å². The zero-order chi connectivity index (χ0) is 11.5. The number of aromatic nitrogens is 2. The summed E-state index contributed by atoms with van der Waals surface area (Å²) in [4.78, 5) is 19.6. The molecule has 1 aliphatic rings. The quantitative estimate of drug-likeness (QED) is 0.821. The largest absolute Gasteiger partial charge is 0.478 e. The molecule has 2 heterocycles. The van der Waals surface area contributed by atoms with Gasteiger partial charge in [0.05, 0.1) is 18.2 Å². The highest BCUT2D eigenvalue weighted by Gasteiger charge is 2.29. The predicted octanol–water partition coefficient (Wildman–Crippen LogP) is 0.871. The van der Waals surface area contributed by atoms with Crippen LogP contribution in [0.15, 0.2) is 17.7 Å². The Bertz CT molecular complexity index is 425. The molecule has 6 heteroatoms. The topological polar surface area (TPSA) is 76.7 Å². The molecule has 1 atom stereocenters. The Morgan fingerprint density at radius 3 is 3.19 bits per heavy atom. The Morgan fingerprint density at radius 2 is 2.56 bits per heavy atom. The van der Waals surface area contributed by atoms with Crippen LogP contribution in [0.5, 0.6) is 0 Å². The normalized spacial score (nSPS) is 19.3. The number of carboxylic acids is 1. The van der Waals surface area contributed by atoms with Crippen LogP contribution >= 0.6 is 0 Å². The zero-order valence-corrected chi connectivity index (χ0v) is 8.96. The number of rotatable bonds is 4. The maximum absolute atomic E-state index is 10.7. The van der Waals surface area contributed by atoms with Gasteiger partial charge < -0.3 is 14.5 Å². The minimum atomic E-state index is -0.986. The Labute approximate surface area is 92.5 Å². The van der Waals surface area contributed by atoms with E-state index >= 15 is 0 Å². The number of hydrogen-bond donors (Lipinski definition) is 1. The molecule has 0 radical (unpaired) electrons. The van der Waals surface area contributed by atoms with Crippen molar-refractivity contribution in [2.75, 3.05) is 0 Å². The first-order valence-corrected chi connectivity index (χ1v) is 5.18. The monoisotopic (exact) mass is 223 g/mol. The molecule has 1 aliphatic heterocycles. The van der Waals surface area contributed by atoms with E-state index in [0.717, 1.165) is 18.7 Å². The van der Waals surface area contributed by atoms with Crippen LogP contribution in [0, 0.1) is 0 Å². The molecule has 0 aromatic carbocycles. The van der Waals surface area contributed by atoms with Gasteiger partial charge in [-0.15, -0.1) is 0 Å². The molecule has 0 bridgehead atoms. The first kappa shape index (κ1) is 10.7. The highest BCUT2D eigenvalue weighted by Crippen LogP contribution is 2.16. The third-order valence-corrected chi connectivity index (χ3v) is 2.42. The standard InChI is InChI=1S/C10H13N3O3/c1-2-3-13-6-11-5-8(13)7-4-9(10(14)15)16-12-7/h5-6,9H,2-4H2,1H3,(H,14,15). The fourth-order valence-corrected chi connectivity index (χ4v) is 1.64.